The molecule has 1 fully saturated rings. The topological polar surface area (TPSA) is 60.9 Å². The maximum Gasteiger partial charge on any atom is 0.327 e. The minimum Gasteiger partial charge on any atom is -0.480 e. The molecular weight excluding hydrogens is 228 g/mol. The number of unbranched alkanes of at least 4 members (excludes halogenated alkanes) is 1. The monoisotopic (exact) mass is 246 g/mol. The average Bonchev–Trinajstić information content (AvgIpc) is 2.73. The van der Waals surface area contributed by atoms with Crippen LogP contribution in [0.5, 0.6) is 0 Å². The summed E-state index contributed by atoms with van der Waals surface area (Å²) < 4.78 is 0. The van der Waals surface area contributed by atoms with Crippen molar-refractivity contribution in [2.75, 3.05) is 25.2 Å². The van der Waals surface area contributed by atoms with Gasteiger partial charge in [-0.15, -0.1) is 11.8 Å². The Morgan fingerprint density at radius 2 is 2.25 bits per heavy atom. The highest BCUT2D eigenvalue weighted by Gasteiger charge is 2.35. The van der Waals surface area contributed by atoms with Gasteiger partial charge in [0.05, 0.1) is 5.88 Å². The minimum absolute atomic E-state index is 0.175. The fourth-order valence-electron chi connectivity index (χ4n) is 1.55. The lowest BCUT2D eigenvalue weighted by molar-refractivity contribution is -0.140. The number of carbonyl (C=O) groups excluding carboxylic acids is 1. The number of thioether (sulfide) groups is 1. The number of aliphatic carboxylic acids is 1. The van der Waals surface area contributed by atoms with E-state index in [-0.39, 0.29) is 6.03 Å². The van der Waals surface area contributed by atoms with Crippen molar-refractivity contribution in [3.8, 4) is 0 Å². The predicted molar refractivity (Wildman–Crippen MR) is 63.5 cm³/mol. The first-order valence-corrected chi connectivity index (χ1v) is 6.55. The third-order valence-electron chi connectivity index (χ3n) is 2.59. The second-order valence-corrected chi connectivity index (χ2v) is 4.88. The standard InChI is InChI=1S/C10H18N2O3S/c1-3-4-5-11(2)10(15)12-7-16-6-8(12)9(13)14/h8H,3-7H2,1-2H3,(H,13,14)/t8-/m0/s1. The van der Waals surface area contributed by atoms with Crippen molar-refractivity contribution < 1.29 is 14.7 Å². The fraction of sp³-hybridized carbons (Fsp3) is 0.800. The molecule has 1 saturated heterocycles. The lowest BCUT2D eigenvalue weighted by atomic mass is 10.3. The number of rotatable bonds is 4. The molecule has 1 rings (SSSR count). The van der Waals surface area contributed by atoms with Crippen LogP contribution in [0.25, 0.3) is 0 Å². The minimum atomic E-state index is -0.915. The lowest BCUT2D eigenvalue weighted by Gasteiger charge is -2.26. The van der Waals surface area contributed by atoms with Gasteiger partial charge in [-0.05, 0) is 6.42 Å². The number of carboxylic acids is 1. The number of hydrogen-bond donors (Lipinski definition) is 1. The van der Waals surface area contributed by atoms with Gasteiger partial charge >= 0.3 is 12.0 Å². The number of nitrogens with zero attached hydrogens (tertiary/aromatic N) is 2. The summed E-state index contributed by atoms with van der Waals surface area (Å²) in [5, 5.41) is 8.96. The molecule has 0 bridgehead atoms. The van der Waals surface area contributed by atoms with Crippen LogP contribution in [-0.2, 0) is 4.79 Å². The highest BCUT2D eigenvalue weighted by atomic mass is 32.2. The second kappa shape index (κ2) is 5.98. The highest BCUT2D eigenvalue weighted by Crippen LogP contribution is 2.22. The Labute approximate surface area is 99.8 Å². The summed E-state index contributed by atoms with van der Waals surface area (Å²) in [5.41, 5.74) is 0. The van der Waals surface area contributed by atoms with Crippen molar-refractivity contribution in [3.63, 3.8) is 0 Å². The van der Waals surface area contributed by atoms with E-state index in [1.54, 1.807) is 11.9 Å². The van der Waals surface area contributed by atoms with Crippen LogP contribution in [0, 0.1) is 0 Å². The zero-order chi connectivity index (χ0) is 12.1. The molecule has 0 unspecified atom stereocenters. The summed E-state index contributed by atoms with van der Waals surface area (Å²) in [4.78, 5) is 25.9. The third kappa shape index (κ3) is 3.04. The molecule has 1 N–H and O–H groups in total. The second-order valence-electron chi connectivity index (χ2n) is 3.88. The van der Waals surface area contributed by atoms with Crippen LogP contribution in [0.3, 0.4) is 0 Å². The summed E-state index contributed by atoms with van der Waals surface area (Å²) in [6.07, 6.45) is 1.97. The molecule has 0 aliphatic carbocycles. The van der Waals surface area contributed by atoms with E-state index < -0.39 is 12.0 Å². The molecule has 92 valence electrons. The Hall–Kier alpha value is -0.910. The molecule has 1 atom stereocenters. The molecule has 0 spiro atoms. The van der Waals surface area contributed by atoms with Crippen molar-refractivity contribution in [2.24, 2.45) is 0 Å². The maximum atomic E-state index is 11.9. The zero-order valence-electron chi connectivity index (χ0n) is 9.68. The van der Waals surface area contributed by atoms with Crippen molar-refractivity contribution in [2.45, 2.75) is 25.8 Å². The lowest BCUT2D eigenvalue weighted by Crippen LogP contribution is -2.47. The number of amides is 2. The van der Waals surface area contributed by atoms with E-state index in [1.165, 1.54) is 16.7 Å². The first kappa shape index (κ1) is 13.2. The molecule has 1 heterocycles. The van der Waals surface area contributed by atoms with Gasteiger partial charge in [-0.3, -0.25) is 0 Å². The van der Waals surface area contributed by atoms with E-state index in [2.05, 4.69) is 6.92 Å². The Morgan fingerprint density at radius 1 is 1.56 bits per heavy atom. The summed E-state index contributed by atoms with van der Waals surface area (Å²) in [5.74, 6) is 0.0526. The Balaban J connectivity index is 2.55. The molecule has 1 aliphatic heterocycles. The first-order valence-electron chi connectivity index (χ1n) is 5.40. The van der Waals surface area contributed by atoms with E-state index in [4.69, 9.17) is 5.11 Å². The van der Waals surface area contributed by atoms with E-state index in [0.29, 0.717) is 18.2 Å². The molecule has 0 radical (unpaired) electrons. The van der Waals surface area contributed by atoms with Gasteiger partial charge < -0.3 is 14.9 Å². The Morgan fingerprint density at radius 3 is 2.81 bits per heavy atom. The molecule has 1 aliphatic rings. The number of urea groups is 1. The number of hydrogen-bond acceptors (Lipinski definition) is 3. The smallest absolute Gasteiger partial charge is 0.327 e. The molecule has 0 aromatic carbocycles. The zero-order valence-corrected chi connectivity index (χ0v) is 10.5. The van der Waals surface area contributed by atoms with Crippen molar-refractivity contribution in [1.29, 1.82) is 0 Å². The van der Waals surface area contributed by atoms with Gasteiger partial charge in [0.15, 0.2) is 0 Å². The molecule has 5 nitrogen and oxygen atoms in total. The van der Waals surface area contributed by atoms with E-state index >= 15 is 0 Å². The largest absolute Gasteiger partial charge is 0.480 e. The molecule has 0 aromatic rings. The van der Waals surface area contributed by atoms with Gasteiger partial charge in [-0.25, -0.2) is 9.59 Å². The van der Waals surface area contributed by atoms with Gasteiger partial charge in [-0.2, -0.15) is 0 Å². The summed E-state index contributed by atoms with van der Waals surface area (Å²) in [7, 11) is 1.72. The Bertz CT molecular complexity index is 273. The molecular formula is C10H18N2O3S. The van der Waals surface area contributed by atoms with Crippen molar-refractivity contribution >= 4 is 23.8 Å². The van der Waals surface area contributed by atoms with Crippen LogP contribution in [-0.4, -0.2) is 58.2 Å². The third-order valence-corrected chi connectivity index (χ3v) is 3.60. The molecule has 16 heavy (non-hydrogen) atoms. The van der Waals surface area contributed by atoms with Crippen LogP contribution < -0.4 is 0 Å². The van der Waals surface area contributed by atoms with Crippen LogP contribution in [0.15, 0.2) is 0 Å². The Kier molecular flexibility index (Phi) is 4.92. The quantitative estimate of drug-likeness (QED) is 0.812. The number of carbonyl (C=O) groups is 2. The van der Waals surface area contributed by atoms with Crippen LogP contribution in [0.1, 0.15) is 19.8 Å². The van der Waals surface area contributed by atoms with Gasteiger partial charge in [0.25, 0.3) is 0 Å². The summed E-state index contributed by atoms with van der Waals surface area (Å²) >= 11 is 1.49. The SMILES string of the molecule is CCCCN(C)C(=O)N1CSC[C@H]1C(=O)O. The molecule has 0 saturated carbocycles. The van der Waals surface area contributed by atoms with Gasteiger partial charge in [-0.1, -0.05) is 13.3 Å². The fourth-order valence-corrected chi connectivity index (χ4v) is 2.68. The van der Waals surface area contributed by atoms with Crippen molar-refractivity contribution in [1.82, 2.24) is 9.80 Å². The number of carboxylic acid groups (broad SMARTS) is 1. The average molecular weight is 246 g/mol. The van der Waals surface area contributed by atoms with Crippen LogP contribution >= 0.6 is 11.8 Å². The van der Waals surface area contributed by atoms with Crippen molar-refractivity contribution in [3.05, 3.63) is 0 Å². The van der Waals surface area contributed by atoms with Gasteiger partial charge in [0.2, 0.25) is 0 Å². The van der Waals surface area contributed by atoms with Gasteiger partial charge in [0, 0.05) is 19.3 Å². The van der Waals surface area contributed by atoms with Crippen LogP contribution in [0.2, 0.25) is 0 Å². The van der Waals surface area contributed by atoms with Gasteiger partial charge in [0.1, 0.15) is 6.04 Å². The highest BCUT2D eigenvalue weighted by molar-refractivity contribution is 7.99. The summed E-state index contributed by atoms with van der Waals surface area (Å²) in [6, 6.07) is -0.840. The predicted octanol–water partition coefficient (Wildman–Crippen LogP) is 1.30. The first-order chi connectivity index (χ1) is 7.57. The van der Waals surface area contributed by atoms with E-state index in [0.717, 1.165) is 12.8 Å². The molecule has 2 amide bonds. The summed E-state index contributed by atoms with van der Waals surface area (Å²) in [6.45, 7) is 2.74. The maximum absolute atomic E-state index is 11.9. The molecule has 6 heteroatoms. The van der Waals surface area contributed by atoms with E-state index in [1.807, 2.05) is 0 Å². The molecule has 0 aromatic heterocycles. The normalized spacial score (nSPS) is 19.9. The van der Waals surface area contributed by atoms with Crippen LogP contribution in [0.4, 0.5) is 4.79 Å². The van der Waals surface area contributed by atoms with E-state index in [9.17, 15) is 9.59 Å².